The van der Waals surface area contributed by atoms with Crippen molar-refractivity contribution < 1.29 is 14.4 Å². The number of anilines is 1. The Hall–Kier alpha value is -2.91. The van der Waals surface area contributed by atoms with Crippen LogP contribution in [-0.2, 0) is 17.9 Å². The minimum atomic E-state index is -0.531. The standard InChI is InChI=1S/C22H25N5O3S/c1-15-13-31-14-19(15)25-8-6-24(7-9-25)11-16-2-3-18-17(10-16)12-27(21(18)29)26-5-4-20(28)23-22(26)30/h2-3,10,13-14H,4-9,11-12H2,1H3,(H,23,28,30). The maximum absolute atomic E-state index is 12.8. The van der Waals surface area contributed by atoms with E-state index in [1.165, 1.54) is 26.8 Å². The molecular formula is C22H25N5O3S. The summed E-state index contributed by atoms with van der Waals surface area (Å²) in [6.45, 7) is 7.61. The number of rotatable bonds is 4. The number of fused-ring (bicyclic) bond motifs is 1. The summed E-state index contributed by atoms with van der Waals surface area (Å²) in [5.41, 5.74) is 5.43. The first-order chi connectivity index (χ1) is 15.0. The first-order valence-corrected chi connectivity index (χ1v) is 11.5. The molecule has 0 bridgehead atoms. The topological polar surface area (TPSA) is 76.2 Å². The summed E-state index contributed by atoms with van der Waals surface area (Å²) < 4.78 is 0. The number of hydrazine groups is 1. The van der Waals surface area contributed by atoms with Crippen LogP contribution in [0.3, 0.4) is 0 Å². The van der Waals surface area contributed by atoms with Crippen LogP contribution in [0.5, 0.6) is 0 Å². The van der Waals surface area contributed by atoms with Gasteiger partial charge in [-0.15, -0.1) is 11.3 Å². The van der Waals surface area contributed by atoms with Gasteiger partial charge in [0.05, 0.1) is 18.8 Å². The van der Waals surface area contributed by atoms with Crippen LogP contribution in [0.25, 0.3) is 0 Å². The number of urea groups is 1. The third kappa shape index (κ3) is 3.79. The van der Waals surface area contributed by atoms with Gasteiger partial charge in [0.15, 0.2) is 0 Å². The molecule has 0 saturated carbocycles. The lowest BCUT2D eigenvalue weighted by Gasteiger charge is -2.36. The molecule has 2 aromatic rings. The second kappa shape index (κ2) is 7.97. The van der Waals surface area contributed by atoms with Gasteiger partial charge in [0.1, 0.15) is 0 Å². The molecule has 31 heavy (non-hydrogen) atoms. The fraction of sp³-hybridized carbons (Fsp3) is 0.409. The maximum Gasteiger partial charge on any atom is 0.342 e. The van der Waals surface area contributed by atoms with Crippen molar-refractivity contribution in [3.05, 3.63) is 51.2 Å². The van der Waals surface area contributed by atoms with Crippen molar-refractivity contribution in [1.82, 2.24) is 20.2 Å². The highest BCUT2D eigenvalue weighted by molar-refractivity contribution is 7.08. The summed E-state index contributed by atoms with van der Waals surface area (Å²) in [7, 11) is 0. The highest BCUT2D eigenvalue weighted by Crippen LogP contribution is 2.28. The lowest BCUT2D eigenvalue weighted by atomic mass is 10.1. The zero-order valence-electron chi connectivity index (χ0n) is 17.5. The first-order valence-electron chi connectivity index (χ1n) is 10.5. The summed E-state index contributed by atoms with van der Waals surface area (Å²) in [6.07, 6.45) is 0.202. The fourth-order valence-corrected chi connectivity index (χ4v) is 5.38. The van der Waals surface area contributed by atoms with Gasteiger partial charge in [-0.05, 0) is 35.1 Å². The van der Waals surface area contributed by atoms with Crippen molar-refractivity contribution >= 4 is 34.9 Å². The molecule has 2 saturated heterocycles. The molecule has 8 nitrogen and oxygen atoms in total. The van der Waals surface area contributed by atoms with Gasteiger partial charge in [0.2, 0.25) is 5.91 Å². The van der Waals surface area contributed by atoms with Crippen LogP contribution in [0.15, 0.2) is 29.0 Å². The van der Waals surface area contributed by atoms with Gasteiger partial charge in [0, 0.05) is 50.1 Å². The van der Waals surface area contributed by atoms with E-state index >= 15 is 0 Å². The number of piperazine rings is 1. The average molecular weight is 440 g/mol. The molecule has 1 N–H and O–H groups in total. The monoisotopic (exact) mass is 439 g/mol. The van der Waals surface area contributed by atoms with Crippen LogP contribution >= 0.6 is 11.3 Å². The van der Waals surface area contributed by atoms with Crippen LogP contribution < -0.4 is 10.2 Å². The minimum absolute atomic E-state index is 0.189. The third-order valence-corrected chi connectivity index (χ3v) is 7.07. The highest BCUT2D eigenvalue weighted by atomic mass is 32.1. The summed E-state index contributed by atoms with van der Waals surface area (Å²) in [5.74, 6) is -0.493. The number of carbonyl (C=O) groups is 3. The molecule has 1 aromatic heterocycles. The molecule has 1 aromatic carbocycles. The van der Waals surface area contributed by atoms with Crippen LogP contribution in [-0.4, -0.2) is 65.5 Å². The molecule has 2 fully saturated rings. The van der Waals surface area contributed by atoms with Gasteiger partial charge in [-0.25, -0.2) is 14.8 Å². The van der Waals surface area contributed by atoms with Crippen LogP contribution in [0.2, 0.25) is 0 Å². The lowest BCUT2D eigenvalue weighted by molar-refractivity contribution is -0.123. The number of carbonyl (C=O) groups excluding carboxylic acids is 3. The van der Waals surface area contributed by atoms with E-state index in [2.05, 4.69) is 38.9 Å². The first kappa shape index (κ1) is 20.0. The predicted molar refractivity (Wildman–Crippen MR) is 118 cm³/mol. The van der Waals surface area contributed by atoms with Crippen molar-refractivity contribution in [2.45, 2.75) is 26.4 Å². The minimum Gasteiger partial charge on any atom is -0.368 e. The smallest absolute Gasteiger partial charge is 0.342 e. The molecule has 4 amide bonds. The number of thiophene rings is 1. The molecule has 5 rings (SSSR count). The van der Waals surface area contributed by atoms with Crippen molar-refractivity contribution in [3.63, 3.8) is 0 Å². The zero-order chi connectivity index (χ0) is 21.5. The van der Waals surface area contributed by atoms with E-state index in [0.717, 1.165) is 38.3 Å². The second-order valence-electron chi connectivity index (χ2n) is 8.28. The average Bonchev–Trinajstić information content (AvgIpc) is 3.32. The molecule has 0 spiro atoms. The largest absolute Gasteiger partial charge is 0.368 e. The highest BCUT2D eigenvalue weighted by Gasteiger charge is 2.37. The Morgan fingerprint density at radius 1 is 1.00 bits per heavy atom. The van der Waals surface area contributed by atoms with Crippen LogP contribution in [0.4, 0.5) is 10.5 Å². The van der Waals surface area contributed by atoms with E-state index in [-0.39, 0.29) is 24.8 Å². The van der Waals surface area contributed by atoms with E-state index in [4.69, 9.17) is 0 Å². The molecule has 9 heteroatoms. The Morgan fingerprint density at radius 2 is 1.81 bits per heavy atom. The molecule has 4 heterocycles. The van der Waals surface area contributed by atoms with Crippen LogP contribution in [0, 0.1) is 6.92 Å². The lowest BCUT2D eigenvalue weighted by Crippen LogP contribution is -2.56. The SMILES string of the molecule is Cc1cscc1N1CCN(Cc2ccc3c(c2)CN(N2CCC(=O)NC2=O)C3=O)CC1. The number of nitrogens with zero attached hydrogens (tertiary/aromatic N) is 4. The van der Waals surface area contributed by atoms with Gasteiger partial charge in [-0.1, -0.05) is 12.1 Å². The fourth-order valence-electron chi connectivity index (χ4n) is 4.52. The number of aryl methyl sites for hydroxylation is 1. The molecular weight excluding hydrogens is 414 g/mol. The Bertz CT molecular complexity index is 1040. The Labute approximate surface area is 185 Å². The van der Waals surface area contributed by atoms with Gasteiger partial charge in [-0.2, -0.15) is 0 Å². The van der Waals surface area contributed by atoms with E-state index in [1.54, 1.807) is 11.3 Å². The normalized spacial score (nSPS) is 19.8. The van der Waals surface area contributed by atoms with Gasteiger partial charge >= 0.3 is 6.03 Å². The third-order valence-electron chi connectivity index (χ3n) is 6.23. The summed E-state index contributed by atoms with van der Waals surface area (Å²) >= 11 is 1.75. The number of nitrogens with one attached hydrogen (secondary N) is 1. The van der Waals surface area contributed by atoms with Crippen molar-refractivity contribution in [2.75, 3.05) is 37.6 Å². The van der Waals surface area contributed by atoms with E-state index < -0.39 is 6.03 Å². The van der Waals surface area contributed by atoms with Crippen LogP contribution in [0.1, 0.15) is 33.5 Å². The van der Waals surface area contributed by atoms with Crippen molar-refractivity contribution in [1.29, 1.82) is 0 Å². The Morgan fingerprint density at radius 3 is 2.52 bits per heavy atom. The summed E-state index contributed by atoms with van der Waals surface area (Å²) in [5, 5.41) is 9.49. The molecule has 0 aliphatic carbocycles. The van der Waals surface area contributed by atoms with E-state index in [1.807, 2.05) is 12.1 Å². The Kier molecular flexibility index (Phi) is 5.15. The van der Waals surface area contributed by atoms with Gasteiger partial charge in [-0.3, -0.25) is 19.8 Å². The van der Waals surface area contributed by atoms with Gasteiger partial charge in [0.25, 0.3) is 5.91 Å². The molecule has 3 aliphatic heterocycles. The van der Waals surface area contributed by atoms with Crippen molar-refractivity contribution in [2.24, 2.45) is 0 Å². The molecule has 3 aliphatic rings. The molecule has 0 atom stereocenters. The zero-order valence-corrected chi connectivity index (χ0v) is 18.3. The Balaban J connectivity index is 1.22. The second-order valence-corrected chi connectivity index (χ2v) is 9.03. The summed E-state index contributed by atoms with van der Waals surface area (Å²) in [6, 6.07) is 5.42. The van der Waals surface area contributed by atoms with E-state index in [9.17, 15) is 14.4 Å². The van der Waals surface area contributed by atoms with Crippen molar-refractivity contribution in [3.8, 4) is 0 Å². The molecule has 0 radical (unpaired) electrons. The number of benzene rings is 1. The summed E-state index contributed by atoms with van der Waals surface area (Å²) in [4.78, 5) is 41.2. The number of amides is 4. The van der Waals surface area contributed by atoms with Gasteiger partial charge < -0.3 is 4.90 Å². The number of hydrogen-bond donors (Lipinski definition) is 1. The van der Waals surface area contributed by atoms with E-state index in [0.29, 0.717) is 12.1 Å². The quantitative estimate of drug-likeness (QED) is 0.791. The number of imide groups is 1. The molecule has 162 valence electrons. The molecule has 0 unspecified atom stereocenters. The predicted octanol–water partition coefficient (Wildman–Crippen LogP) is 2.19. The maximum atomic E-state index is 12.8. The number of hydrogen-bond acceptors (Lipinski definition) is 6.